The molecule has 1 fully saturated rings. The third kappa shape index (κ3) is 4.29. The fraction of sp³-hybridized carbons (Fsp3) is 0.500. The molecule has 0 bridgehead atoms. The Labute approximate surface area is 146 Å². The summed E-state index contributed by atoms with van der Waals surface area (Å²) in [5, 5.41) is 0. The highest BCUT2D eigenvalue weighted by molar-refractivity contribution is 6.03. The lowest BCUT2D eigenvalue weighted by atomic mass is 9.89. The monoisotopic (exact) mass is 349 g/mol. The molecule has 1 aromatic rings. The maximum Gasteiger partial charge on any atom is 0.410 e. The predicted octanol–water partition coefficient (Wildman–Crippen LogP) is 2.59. The van der Waals surface area contributed by atoms with Crippen LogP contribution in [0.15, 0.2) is 18.2 Å². The van der Waals surface area contributed by atoms with Gasteiger partial charge in [-0.2, -0.15) is 0 Å². The van der Waals surface area contributed by atoms with E-state index in [9.17, 15) is 14.4 Å². The van der Waals surface area contributed by atoms with Gasteiger partial charge in [-0.05, 0) is 38.5 Å². The highest BCUT2D eigenvalue weighted by atomic mass is 16.6. The molecular weight excluding hydrogens is 326 g/mol. The van der Waals surface area contributed by atoms with Crippen molar-refractivity contribution in [2.75, 3.05) is 27.3 Å². The van der Waals surface area contributed by atoms with Crippen molar-refractivity contribution in [2.45, 2.75) is 32.3 Å². The first kappa shape index (κ1) is 18.8. The summed E-state index contributed by atoms with van der Waals surface area (Å²) >= 11 is 0. The van der Waals surface area contributed by atoms with Gasteiger partial charge in [0.25, 0.3) is 0 Å². The van der Waals surface area contributed by atoms with Gasteiger partial charge in [0, 0.05) is 19.0 Å². The molecule has 1 aliphatic heterocycles. The topological polar surface area (TPSA) is 82.1 Å². The Bertz CT molecular complexity index is 685. The molecule has 7 nitrogen and oxygen atoms in total. The molecule has 1 aliphatic rings. The molecule has 0 spiro atoms. The van der Waals surface area contributed by atoms with Crippen molar-refractivity contribution in [3.8, 4) is 0 Å². The third-order valence-corrected chi connectivity index (χ3v) is 3.86. The van der Waals surface area contributed by atoms with E-state index in [4.69, 9.17) is 14.2 Å². The van der Waals surface area contributed by atoms with Crippen molar-refractivity contribution in [2.24, 2.45) is 0 Å². The number of nitrogens with zero attached hydrogens (tertiary/aromatic N) is 1. The minimum absolute atomic E-state index is 0.0719. The average Bonchev–Trinajstić information content (AvgIpc) is 2.50. The molecule has 0 aliphatic carbocycles. The largest absolute Gasteiger partial charge is 0.465 e. The zero-order valence-corrected chi connectivity index (χ0v) is 15.1. The van der Waals surface area contributed by atoms with Crippen molar-refractivity contribution >= 4 is 18.0 Å². The van der Waals surface area contributed by atoms with Crippen LogP contribution in [0, 0.1) is 0 Å². The lowest BCUT2D eigenvalue weighted by Crippen LogP contribution is -2.50. The second-order valence-corrected chi connectivity index (χ2v) is 6.87. The molecule has 0 saturated carbocycles. The van der Waals surface area contributed by atoms with Crippen LogP contribution in [0.4, 0.5) is 4.79 Å². The number of carbonyl (C=O) groups is 3. The van der Waals surface area contributed by atoms with Crippen LogP contribution in [0.3, 0.4) is 0 Å². The fourth-order valence-electron chi connectivity index (χ4n) is 2.55. The van der Waals surface area contributed by atoms with E-state index >= 15 is 0 Å². The minimum Gasteiger partial charge on any atom is -0.465 e. The number of hydrogen-bond donors (Lipinski definition) is 0. The number of amides is 1. The van der Waals surface area contributed by atoms with Gasteiger partial charge in [0.05, 0.1) is 25.3 Å². The zero-order valence-electron chi connectivity index (χ0n) is 15.1. The highest BCUT2D eigenvalue weighted by Crippen LogP contribution is 2.30. The van der Waals surface area contributed by atoms with Gasteiger partial charge >= 0.3 is 18.0 Å². The molecule has 136 valence electrons. The van der Waals surface area contributed by atoms with Gasteiger partial charge in [-0.15, -0.1) is 0 Å². The van der Waals surface area contributed by atoms with Gasteiger partial charge in [-0.25, -0.2) is 14.4 Å². The van der Waals surface area contributed by atoms with Crippen LogP contribution in [0.5, 0.6) is 0 Å². The average molecular weight is 349 g/mol. The third-order valence-electron chi connectivity index (χ3n) is 3.86. The van der Waals surface area contributed by atoms with E-state index in [-0.39, 0.29) is 23.1 Å². The van der Waals surface area contributed by atoms with Crippen molar-refractivity contribution in [3.63, 3.8) is 0 Å². The molecule has 1 heterocycles. The van der Waals surface area contributed by atoms with Gasteiger partial charge < -0.3 is 19.1 Å². The quantitative estimate of drug-likeness (QED) is 0.616. The smallest absolute Gasteiger partial charge is 0.410 e. The Balaban J connectivity index is 2.13. The number of carbonyl (C=O) groups excluding carboxylic acids is 3. The molecule has 1 saturated heterocycles. The summed E-state index contributed by atoms with van der Waals surface area (Å²) in [7, 11) is 2.51. The molecule has 1 aromatic carbocycles. The minimum atomic E-state index is -0.606. The summed E-state index contributed by atoms with van der Waals surface area (Å²) < 4.78 is 14.8. The van der Waals surface area contributed by atoms with E-state index in [2.05, 4.69) is 0 Å². The Kier molecular flexibility index (Phi) is 5.35. The number of rotatable bonds is 3. The van der Waals surface area contributed by atoms with E-state index in [1.165, 1.54) is 14.2 Å². The maximum absolute atomic E-state index is 12.0. The van der Waals surface area contributed by atoms with E-state index in [1.807, 2.05) is 20.8 Å². The zero-order chi connectivity index (χ0) is 18.8. The van der Waals surface area contributed by atoms with Crippen LogP contribution in [0.2, 0.25) is 0 Å². The van der Waals surface area contributed by atoms with Crippen LogP contribution in [0.1, 0.15) is 53.0 Å². The summed E-state index contributed by atoms with van der Waals surface area (Å²) in [5.74, 6) is -1.14. The number of benzene rings is 1. The summed E-state index contributed by atoms with van der Waals surface area (Å²) in [6.45, 7) is 6.43. The Morgan fingerprint density at radius 3 is 2.08 bits per heavy atom. The van der Waals surface area contributed by atoms with Crippen molar-refractivity contribution in [1.29, 1.82) is 0 Å². The number of hydrogen-bond acceptors (Lipinski definition) is 6. The van der Waals surface area contributed by atoms with E-state index < -0.39 is 17.5 Å². The SMILES string of the molecule is COC(=O)c1ccc(C2CN(C(=O)OC(C)(C)C)C2)cc1C(=O)OC. The van der Waals surface area contributed by atoms with Crippen LogP contribution in [-0.2, 0) is 14.2 Å². The number of methoxy groups -OCH3 is 2. The first-order valence-corrected chi connectivity index (χ1v) is 7.94. The van der Waals surface area contributed by atoms with Crippen LogP contribution >= 0.6 is 0 Å². The lowest BCUT2D eigenvalue weighted by Gasteiger charge is -2.40. The molecule has 2 rings (SSSR count). The summed E-state index contributed by atoms with van der Waals surface area (Å²) in [6.07, 6.45) is -0.358. The van der Waals surface area contributed by atoms with E-state index in [0.717, 1.165) is 5.56 Å². The summed E-state index contributed by atoms with van der Waals surface area (Å²) in [6, 6.07) is 4.93. The van der Waals surface area contributed by atoms with Crippen LogP contribution < -0.4 is 0 Å². The maximum atomic E-state index is 12.0. The predicted molar refractivity (Wildman–Crippen MR) is 89.7 cm³/mol. The normalized spacial score (nSPS) is 14.5. The second kappa shape index (κ2) is 7.13. The van der Waals surface area contributed by atoms with Gasteiger partial charge in [-0.1, -0.05) is 6.07 Å². The fourth-order valence-corrected chi connectivity index (χ4v) is 2.55. The van der Waals surface area contributed by atoms with Crippen molar-refractivity contribution < 1.29 is 28.6 Å². The molecule has 0 atom stereocenters. The Morgan fingerprint density at radius 1 is 1.00 bits per heavy atom. The van der Waals surface area contributed by atoms with Gasteiger partial charge in [0.15, 0.2) is 0 Å². The van der Waals surface area contributed by atoms with Crippen molar-refractivity contribution in [3.05, 3.63) is 34.9 Å². The standard InChI is InChI=1S/C18H23NO6/c1-18(2,3)25-17(22)19-9-12(10-19)11-6-7-13(15(20)23-4)14(8-11)16(21)24-5/h6-8,12H,9-10H2,1-5H3. The molecule has 0 unspecified atom stereocenters. The number of ether oxygens (including phenoxy) is 3. The Morgan fingerprint density at radius 2 is 1.56 bits per heavy atom. The summed E-state index contributed by atoms with van der Waals surface area (Å²) in [5.41, 5.74) is 0.624. The number of esters is 2. The first-order chi connectivity index (χ1) is 11.7. The van der Waals surface area contributed by atoms with E-state index in [1.54, 1.807) is 23.1 Å². The summed E-state index contributed by atoms with van der Waals surface area (Å²) in [4.78, 5) is 37.3. The molecule has 7 heteroatoms. The van der Waals surface area contributed by atoms with E-state index in [0.29, 0.717) is 13.1 Å². The molecule has 25 heavy (non-hydrogen) atoms. The molecule has 1 amide bonds. The highest BCUT2D eigenvalue weighted by Gasteiger charge is 2.35. The molecule has 0 radical (unpaired) electrons. The molecule has 0 aromatic heterocycles. The first-order valence-electron chi connectivity index (χ1n) is 7.94. The Hall–Kier alpha value is -2.57. The second-order valence-electron chi connectivity index (χ2n) is 6.87. The molecular formula is C18H23NO6. The van der Waals surface area contributed by atoms with Gasteiger partial charge in [0.1, 0.15) is 5.60 Å². The van der Waals surface area contributed by atoms with Crippen LogP contribution in [0.25, 0.3) is 0 Å². The van der Waals surface area contributed by atoms with Crippen molar-refractivity contribution in [1.82, 2.24) is 4.90 Å². The number of likely N-dealkylation sites (tertiary alicyclic amines) is 1. The van der Waals surface area contributed by atoms with Crippen LogP contribution in [-0.4, -0.2) is 55.8 Å². The molecule has 0 N–H and O–H groups in total. The van der Waals surface area contributed by atoms with Gasteiger partial charge in [-0.3, -0.25) is 0 Å². The van der Waals surface area contributed by atoms with Gasteiger partial charge in [0.2, 0.25) is 0 Å². The lowest BCUT2D eigenvalue weighted by molar-refractivity contribution is 0.00814.